The van der Waals surface area contributed by atoms with Crippen molar-refractivity contribution in [2.24, 2.45) is 0 Å². The first kappa shape index (κ1) is 14.2. The zero-order chi connectivity index (χ0) is 14.7. The second-order valence-corrected chi connectivity index (χ2v) is 4.95. The highest BCUT2D eigenvalue weighted by Crippen LogP contribution is 2.32. The highest BCUT2D eigenvalue weighted by Gasteiger charge is 2.19. The Kier molecular flexibility index (Phi) is 4.16. The molecule has 0 spiro atoms. The summed E-state index contributed by atoms with van der Waals surface area (Å²) in [6.45, 7) is 0. The molecule has 0 aromatic carbocycles. The van der Waals surface area contributed by atoms with Crippen LogP contribution in [0.15, 0.2) is 40.5 Å². The molecule has 2 aromatic rings. The standard InChI is InChI=1S/C11H6ClN3O4S/c12-6-1-4-9(13-5-6)20-10-8(15(18)19)3-2-7(14-10)11(16)17/h1-5H,(H,16,17). The van der Waals surface area contributed by atoms with Gasteiger partial charge in [0, 0.05) is 12.3 Å². The van der Waals surface area contributed by atoms with Gasteiger partial charge in [0.05, 0.1) is 9.95 Å². The van der Waals surface area contributed by atoms with E-state index in [0.29, 0.717) is 10.0 Å². The number of halogens is 1. The lowest BCUT2D eigenvalue weighted by Crippen LogP contribution is -2.03. The quantitative estimate of drug-likeness (QED) is 0.683. The summed E-state index contributed by atoms with van der Waals surface area (Å²) in [5.74, 6) is -1.26. The van der Waals surface area contributed by atoms with Crippen molar-refractivity contribution in [1.82, 2.24) is 9.97 Å². The van der Waals surface area contributed by atoms with E-state index in [1.165, 1.54) is 6.20 Å². The summed E-state index contributed by atoms with van der Waals surface area (Å²) in [5.41, 5.74) is -0.552. The molecule has 0 aliphatic heterocycles. The van der Waals surface area contributed by atoms with Gasteiger partial charge in [-0.15, -0.1) is 0 Å². The molecule has 0 saturated heterocycles. The SMILES string of the molecule is O=C(O)c1ccc([N+](=O)[O-])c(Sc2ccc(Cl)cn2)n1. The van der Waals surface area contributed by atoms with Gasteiger partial charge in [-0.2, -0.15) is 0 Å². The summed E-state index contributed by atoms with van der Waals surface area (Å²) < 4.78 is 0. The number of hydrogen-bond acceptors (Lipinski definition) is 6. The van der Waals surface area contributed by atoms with Gasteiger partial charge < -0.3 is 5.11 Å². The lowest BCUT2D eigenvalue weighted by molar-refractivity contribution is -0.388. The normalized spacial score (nSPS) is 10.2. The Morgan fingerprint density at radius 2 is 2.10 bits per heavy atom. The van der Waals surface area contributed by atoms with Gasteiger partial charge in [0.25, 0.3) is 0 Å². The molecule has 1 N–H and O–H groups in total. The van der Waals surface area contributed by atoms with Crippen LogP contribution in [0.25, 0.3) is 0 Å². The lowest BCUT2D eigenvalue weighted by Gasteiger charge is -2.03. The number of hydrogen-bond donors (Lipinski definition) is 1. The Bertz CT molecular complexity index is 678. The molecule has 0 saturated carbocycles. The molecule has 0 atom stereocenters. The minimum absolute atomic E-state index is 0.0373. The maximum absolute atomic E-state index is 10.9. The molecule has 0 bridgehead atoms. The predicted molar refractivity (Wildman–Crippen MR) is 71.2 cm³/mol. The summed E-state index contributed by atoms with van der Waals surface area (Å²) in [4.78, 5) is 28.9. The van der Waals surface area contributed by atoms with Gasteiger partial charge in [-0.3, -0.25) is 10.1 Å². The van der Waals surface area contributed by atoms with Gasteiger partial charge in [-0.1, -0.05) is 11.6 Å². The largest absolute Gasteiger partial charge is 0.477 e. The first-order valence-electron chi connectivity index (χ1n) is 5.15. The minimum Gasteiger partial charge on any atom is -0.477 e. The van der Waals surface area contributed by atoms with Crippen LogP contribution in [0.4, 0.5) is 5.69 Å². The third kappa shape index (κ3) is 3.22. The van der Waals surface area contributed by atoms with E-state index < -0.39 is 10.9 Å². The molecular weight excluding hydrogens is 306 g/mol. The first-order valence-corrected chi connectivity index (χ1v) is 6.35. The van der Waals surface area contributed by atoms with Crippen molar-refractivity contribution in [1.29, 1.82) is 0 Å². The van der Waals surface area contributed by atoms with Gasteiger partial charge in [-0.25, -0.2) is 14.8 Å². The van der Waals surface area contributed by atoms with E-state index in [-0.39, 0.29) is 16.4 Å². The molecule has 0 amide bonds. The number of carbonyl (C=O) groups is 1. The van der Waals surface area contributed by atoms with Crippen molar-refractivity contribution in [2.45, 2.75) is 10.1 Å². The molecule has 0 aliphatic carbocycles. The Morgan fingerprint density at radius 1 is 1.35 bits per heavy atom. The summed E-state index contributed by atoms with van der Waals surface area (Å²) >= 11 is 6.59. The number of carboxylic acid groups (broad SMARTS) is 1. The van der Waals surface area contributed by atoms with Gasteiger partial charge >= 0.3 is 11.7 Å². The van der Waals surface area contributed by atoms with Crippen LogP contribution >= 0.6 is 23.4 Å². The van der Waals surface area contributed by atoms with Crippen LogP contribution in [0.5, 0.6) is 0 Å². The second-order valence-electron chi connectivity index (χ2n) is 3.50. The van der Waals surface area contributed by atoms with E-state index in [9.17, 15) is 14.9 Å². The van der Waals surface area contributed by atoms with Crippen molar-refractivity contribution in [3.63, 3.8) is 0 Å². The van der Waals surface area contributed by atoms with Crippen molar-refractivity contribution < 1.29 is 14.8 Å². The molecule has 0 fully saturated rings. The van der Waals surface area contributed by atoms with Crippen LogP contribution in [0.1, 0.15) is 10.5 Å². The molecule has 20 heavy (non-hydrogen) atoms. The summed E-state index contributed by atoms with van der Waals surface area (Å²) in [6, 6.07) is 5.32. The number of aromatic nitrogens is 2. The van der Waals surface area contributed by atoms with Crippen molar-refractivity contribution >= 4 is 35.0 Å². The fourth-order valence-electron chi connectivity index (χ4n) is 1.29. The maximum Gasteiger partial charge on any atom is 0.354 e. The van der Waals surface area contributed by atoms with Gasteiger partial charge in [0.2, 0.25) is 0 Å². The lowest BCUT2D eigenvalue weighted by atomic mass is 10.3. The molecule has 0 aliphatic rings. The summed E-state index contributed by atoms with van der Waals surface area (Å²) in [6.07, 6.45) is 1.39. The van der Waals surface area contributed by atoms with Crippen molar-refractivity contribution in [2.75, 3.05) is 0 Å². The van der Waals surface area contributed by atoms with Crippen LogP contribution in [0, 0.1) is 10.1 Å². The van der Waals surface area contributed by atoms with Crippen LogP contribution in [0.3, 0.4) is 0 Å². The molecule has 2 rings (SSSR count). The monoisotopic (exact) mass is 311 g/mol. The zero-order valence-corrected chi connectivity index (χ0v) is 11.3. The highest BCUT2D eigenvalue weighted by molar-refractivity contribution is 7.99. The Labute approximate surface area is 121 Å². The van der Waals surface area contributed by atoms with Crippen LogP contribution in [-0.2, 0) is 0 Å². The summed E-state index contributed by atoms with van der Waals surface area (Å²) in [7, 11) is 0. The third-order valence-electron chi connectivity index (χ3n) is 2.16. The number of carboxylic acids is 1. The minimum atomic E-state index is -1.26. The smallest absolute Gasteiger partial charge is 0.354 e. The van der Waals surface area contributed by atoms with Gasteiger partial charge in [0.1, 0.15) is 10.7 Å². The fraction of sp³-hybridized carbons (Fsp3) is 0. The van der Waals surface area contributed by atoms with Crippen LogP contribution in [0.2, 0.25) is 5.02 Å². The second kappa shape index (κ2) is 5.85. The number of nitro groups is 1. The number of pyridine rings is 2. The number of rotatable bonds is 4. The van der Waals surface area contributed by atoms with E-state index >= 15 is 0 Å². The van der Waals surface area contributed by atoms with E-state index in [1.807, 2.05) is 0 Å². The maximum atomic E-state index is 10.9. The van der Waals surface area contributed by atoms with Gasteiger partial charge in [0.15, 0.2) is 5.03 Å². The van der Waals surface area contributed by atoms with E-state index in [0.717, 1.165) is 23.9 Å². The average Bonchev–Trinajstić information content (AvgIpc) is 2.41. The molecular formula is C11H6ClN3O4S. The van der Waals surface area contributed by atoms with Crippen LogP contribution < -0.4 is 0 Å². The highest BCUT2D eigenvalue weighted by atomic mass is 35.5. The molecule has 0 unspecified atom stereocenters. The van der Waals surface area contributed by atoms with Crippen molar-refractivity contribution in [3.8, 4) is 0 Å². The molecule has 102 valence electrons. The first-order chi connectivity index (χ1) is 9.47. The Morgan fingerprint density at radius 3 is 2.65 bits per heavy atom. The third-order valence-corrected chi connectivity index (χ3v) is 3.33. The fourth-order valence-corrected chi connectivity index (χ4v) is 2.23. The molecule has 2 aromatic heterocycles. The Balaban J connectivity index is 2.41. The molecule has 2 heterocycles. The Hall–Kier alpha value is -2.19. The average molecular weight is 312 g/mol. The van der Waals surface area contributed by atoms with Crippen molar-refractivity contribution in [3.05, 3.63) is 51.3 Å². The molecule has 0 radical (unpaired) electrons. The van der Waals surface area contributed by atoms with E-state index in [2.05, 4.69) is 9.97 Å². The number of aromatic carboxylic acids is 1. The predicted octanol–water partition coefficient (Wildman–Crippen LogP) is 2.89. The van der Waals surface area contributed by atoms with E-state index in [4.69, 9.17) is 16.7 Å². The summed E-state index contributed by atoms with van der Waals surface area (Å²) in [5, 5.41) is 20.6. The van der Waals surface area contributed by atoms with Crippen LogP contribution in [-0.4, -0.2) is 26.0 Å². The topological polar surface area (TPSA) is 106 Å². The van der Waals surface area contributed by atoms with Gasteiger partial charge in [-0.05, 0) is 30.0 Å². The molecule has 9 heteroatoms. The number of nitrogens with zero attached hydrogens (tertiary/aromatic N) is 3. The molecule has 7 nitrogen and oxygen atoms in total. The van der Waals surface area contributed by atoms with E-state index in [1.54, 1.807) is 12.1 Å². The zero-order valence-electron chi connectivity index (χ0n) is 9.69.